The third-order valence-electron chi connectivity index (χ3n) is 2.50. The van der Waals surface area contributed by atoms with E-state index >= 15 is 0 Å². The maximum absolute atomic E-state index is 5.42. The van der Waals surface area contributed by atoms with Crippen LogP contribution in [-0.4, -0.2) is 18.1 Å². The first-order chi connectivity index (χ1) is 7.40. The number of hydrogen-bond donors (Lipinski definition) is 3. The van der Waals surface area contributed by atoms with Gasteiger partial charge in [-0.3, -0.25) is 0 Å². The Hall–Kier alpha value is -1.32. The number of benzene rings is 1. The van der Waals surface area contributed by atoms with Crippen molar-refractivity contribution in [1.82, 2.24) is 10.3 Å². The Morgan fingerprint density at radius 2 is 2.20 bits per heavy atom. The van der Waals surface area contributed by atoms with Crippen molar-refractivity contribution >= 4 is 10.9 Å². The van der Waals surface area contributed by atoms with E-state index in [1.807, 2.05) is 6.20 Å². The van der Waals surface area contributed by atoms with Gasteiger partial charge in [0.15, 0.2) is 0 Å². The zero-order valence-corrected chi connectivity index (χ0v) is 8.79. The van der Waals surface area contributed by atoms with Crippen LogP contribution >= 0.6 is 0 Å². The molecule has 0 aliphatic rings. The van der Waals surface area contributed by atoms with Crippen molar-refractivity contribution in [2.45, 2.75) is 13.0 Å². The molecule has 0 amide bonds. The number of rotatable bonds is 5. The summed E-state index contributed by atoms with van der Waals surface area (Å²) in [7, 11) is 0. The van der Waals surface area contributed by atoms with Gasteiger partial charge in [-0.1, -0.05) is 6.07 Å². The van der Waals surface area contributed by atoms with Gasteiger partial charge in [-0.2, -0.15) is 0 Å². The number of nitrogens with one attached hydrogen (secondary N) is 2. The molecule has 1 aromatic heterocycles. The third-order valence-corrected chi connectivity index (χ3v) is 2.50. The van der Waals surface area contributed by atoms with Gasteiger partial charge in [0.1, 0.15) is 0 Å². The van der Waals surface area contributed by atoms with E-state index in [-0.39, 0.29) is 0 Å². The van der Waals surface area contributed by atoms with Crippen LogP contribution in [0.5, 0.6) is 0 Å². The molecule has 1 aromatic carbocycles. The zero-order valence-electron chi connectivity index (χ0n) is 8.79. The molecular formula is C12H17N3. The van der Waals surface area contributed by atoms with Crippen LogP contribution in [0.4, 0.5) is 0 Å². The molecule has 3 heteroatoms. The fraction of sp³-hybridized carbons (Fsp3) is 0.333. The van der Waals surface area contributed by atoms with E-state index in [9.17, 15) is 0 Å². The molecule has 80 valence electrons. The van der Waals surface area contributed by atoms with Gasteiger partial charge in [0.25, 0.3) is 0 Å². The Bertz CT molecular complexity index is 419. The second-order valence-corrected chi connectivity index (χ2v) is 3.72. The summed E-state index contributed by atoms with van der Waals surface area (Å²) in [6, 6.07) is 8.57. The summed E-state index contributed by atoms with van der Waals surface area (Å²) in [6.45, 7) is 2.66. The highest BCUT2D eigenvalue weighted by atomic mass is 14.8. The monoisotopic (exact) mass is 203 g/mol. The fourth-order valence-electron chi connectivity index (χ4n) is 1.67. The second-order valence-electron chi connectivity index (χ2n) is 3.72. The number of aromatic amines is 1. The van der Waals surface area contributed by atoms with Crippen molar-refractivity contribution in [2.75, 3.05) is 13.1 Å². The molecule has 0 saturated heterocycles. The number of hydrogen-bond acceptors (Lipinski definition) is 2. The summed E-state index contributed by atoms with van der Waals surface area (Å²) in [5.41, 5.74) is 7.94. The molecule has 0 spiro atoms. The number of aromatic nitrogens is 1. The van der Waals surface area contributed by atoms with Crippen molar-refractivity contribution in [3.63, 3.8) is 0 Å². The van der Waals surface area contributed by atoms with Gasteiger partial charge in [0.2, 0.25) is 0 Å². The van der Waals surface area contributed by atoms with E-state index in [2.05, 4.69) is 34.6 Å². The Kier molecular flexibility index (Phi) is 3.37. The molecule has 0 unspecified atom stereocenters. The van der Waals surface area contributed by atoms with Crippen LogP contribution < -0.4 is 11.1 Å². The summed E-state index contributed by atoms with van der Waals surface area (Å²) < 4.78 is 0. The maximum atomic E-state index is 5.42. The second kappa shape index (κ2) is 4.96. The van der Waals surface area contributed by atoms with E-state index in [1.54, 1.807) is 0 Å². The molecule has 4 N–H and O–H groups in total. The molecule has 0 atom stereocenters. The summed E-state index contributed by atoms with van der Waals surface area (Å²) in [4.78, 5) is 3.19. The highest BCUT2D eigenvalue weighted by Gasteiger charge is 1.96. The van der Waals surface area contributed by atoms with Crippen LogP contribution in [0.25, 0.3) is 10.9 Å². The first-order valence-electron chi connectivity index (χ1n) is 5.37. The predicted octanol–water partition coefficient (Wildman–Crippen LogP) is 1.61. The molecule has 1 heterocycles. The molecule has 0 bridgehead atoms. The molecular weight excluding hydrogens is 186 g/mol. The van der Waals surface area contributed by atoms with Crippen LogP contribution in [0.3, 0.4) is 0 Å². The van der Waals surface area contributed by atoms with Crippen LogP contribution in [0.2, 0.25) is 0 Å². The van der Waals surface area contributed by atoms with Gasteiger partial charge in [-0.15, -0.1) is 0 Å². The number of H-pyrrole nitrogens is 1. The van der Waals surface area contributed by atoms with Crippen LogP contribution in [0, 0.1) is 0 Å². The Morgan fingerprint density at radius 3 is 3.07 bits per heavy atom. The molecule has 0 aliphatic carbocycles. The summed E-state index contributed by atoms with van der Waals surface area (Å²) in [5, 5.41) is 4.64. The standard InChI is InChI=1S/C12H17N3/c13-5-1-6-14-9-10-2-3-12-11(8-10)4-7-15-12/h2-4,7-8,14-15H,1,5-6,9,13H2. The molecule has 0 radical (unpaired) electrons. The topological polar surface area (TPSA) is 53.8 Å². The Morgan fingerprint density at radius 1 is 1.27 bits per heavy atom. The molecule has 0 saturated carbocycles. The molecule has 2 aromatic rings. The van der Waals surface area contributed by atoms with Gasteiger partial charge >= 0.3 is 0 Å². The largest absolute Gasteiger partial charge is 0.361 e. The Balaban J connectivity index is 1.96. The average molecular weight is 203 g/mol. The minimum Gasteiger partial charge on any atom is -0.361 e. The lowest BCUT2D eigenvalue weighted by Gasteiger charge is -2.03. The van der Waals surface area contributed by atoms with Crippen molar-refractivity contribution < 1.29 is 0 Å². The van der Waals surface area contributed by atoms with Crippen molar-refractivity contribution in [3.05, 3.63) is 36.0 Å². The summed E-state index contributed by atoms with van der Waals surface area (Å²) in [5.74, 6) is 0. The lowest BCUT2D eigenvalue weighted by Crippen LogP contribution is -2.17. The van der Waals surface area contributed by atoms with Crippen LogP contribution in [0.15, 0.2) is 30.5 Å². The first kappa shape index (κ1) is 10.2. The van der Waals surface area contributed by atoms with Gasteiger partial charge in [0, 0.05) is 18.3 Å². The summed E-state index contributed by atoms with van der Waals surface area (Å²) >= 11 is 0. The molecule has 15 heavy (non-hydrogen) atoms. The minimum atomic E-state index is 0.754. The number of nitrogens with two attached hydrogens (primary N) is 1. The molecule has 0 aliphatic heterocycles. The molecule has 0 fully saturated rings. The van der Waals surface area contributed by atoms with Crippen molar-refractivity contribution in [2.24, 2.45) is 5.73 Å². The van der Waals surface area contributed by atoms with E-state index in [4.69, 9.17) is 5.73 Å². The van der Waals surface area contributed by atoms with Gasteiger partial charge < -0.3 is 16.0 Å². The third kappa shape index (κ3) is 2.58. The van der Waals surface area contributed by atoms with E-state index in [0.29, 0.717) is 0 Å². The highest BCUT2D eigenvalue weighted by molar-refractivity contribution is 5.79. The minimum absolute atomic E-state index is 0.754. The predicted molar refractivity (Wildman–Crippen MR) is 63.7 cm³/mol. The quantitative estimate of drug-likeness (QED) is 0.647. The average Bonchev–Trinajstić information content (AvgIpc) is 2.71. The normalized spacial score (nSPS) is 11.0. The van der Waals surface area contributed by atoms with E-state index < -0.39 is 0 Å². The van der Waals surface area contributed by atoms with Crippen LogP contribution in [-0.2, 0) is 6.54 Å². The summed E-state index contributed by atoms with van der Waals surface area (Å²) in [6.07, 6.45) is 3.00. The zero-order chi connectivity index (χ0) is 10.5. The van der Waals surface area contributed by atoms with E-state index in [1.165, 1.54) is 16.5 Å². The fourth-order valence-corrected chi connectivity index (χ4v) is 1.67. The maximum Gasteiger partial charge on any atom is 0.0454 e. The lowest BCUT2D eigenvalue weighted by atomic mass is 10.1. The highest BCUT2D eigenvalue weighted by Crippen LogP contribution is 2.13. The van der Waals surface area contributed by atoms with Crippen LogP contribution in [0.1, 0.15) is 12.0 Å². The first-order valence-corrected chi connectivity index (χ1v) is 5.37. The smallest absolute Gasteiger partial charge is 0.0454 e. The van der Waals surface area contributed by atoms with Crippen molar-refractivity contribution in [1.29, 1.82) is 0 Å². The van der Waals surface area contributed by atoms with Gasteiger partial charge in [-0.25, -0.2) is 0 Å². The van der Waals surface area contributed by atoms with Gasteiger partial charge in [-0.05, 0) is 48.7 Å². The number of fused-ring (bicyclic) bond motifs is 1. The van der Waals surface area contributed by atoms with E-state index in [0.717, 1.165) is 26.1 Å². The Labute approximate surface area is 89.7 Å². The van der Waals surface area contributed by atoms with Gasteiger partial charge in [0.05, 0.1) is 0 Å². The molecule has 3 nitrogen and oxygen atoms in total. The SMILES string of the molecule is NCCCNCc1ccc2[nH]ccc2c1. The van der Waals surface area contributed by atoms with Crippen molar-refractivity contribution in [3.8, 4) is 0 Å². The molecule has 2 rings (SSSR count). The lowest BCUT2D eigenvalue weighted by molar-refractivity contribution is 0.656.